The molecule has 0 spiro atoms. The van der Waals surface area contributed by atoms with Gasteiger partial charge in [0.05, 0.1) is 12.0 Å². The number of benzene rings is 2. The van der Waals surface area contributed by atoms with Crippen molar-refractivity contribution in [2.45, 2.75) is 32.7 Å². The number of carbonyl (C=O) groups is 2. The molecular weight excluding hydrogens is 470 g/mol. The van der Waals surface area contributed by atoms with Gasteiger partial charge < -0.3 is 19.5 Å². The molecule has 0 unspecified atom stereocenters. The summed E-state index contributed by atoms with van der Waals surface area (Å²) in [6, 6.07) is 19.7. The number of H-pyrrole nitrogens is 1. The number of carbonyl (C=O) groups excluding carboxylic acids is 2. The highest BCUT2D eigenvalue weighted by atomic mass is 32.1. The van der Waals surface area contributed by atoms with Crippen LogP contribution in [-0.4, -0.2) is 53.3 Å². The van der Waals surface area contributed by atoms with Crippen LogP contribution >= 0.6 is 11.3 Å². The van der Waals surface area contributed by atoms with Crippen LogP contribution in [0.5, 0.6) is 5.75 Å². The molecule has 188 valence electrons. The summed E-state index contributed by atoms with van der Waals surface area (Å²) in [4.78, 5) is 34.3. The fourth-order valence-electron chi connectivity index (χ4n) is 4.26. The van der Waals surface area contributed by atoms with Crippen LogP contribution in [0.3, 0.4) is 0 Å². The fraction of sp³-hybridized carbons (Fsp3) is 0.310. The minimum absolute atomic E-state index is 0.0494. The number of ether oxygens (including phenoxy) is 1. The summed E-state index contributed by atoms with van der Waals surface area (Å²) >= 11 is 1.41. The maximum atomic E-state index is 13.6. The number of methoxy groups -OCH3 is 1. The number of para-hydroxylation sites is 1. The van der Waals surface area contributed by atoms with E-state index in [9.17, 15) is 9.59 Å². The minimum Gasteiger partial charge on any atom is -0.497 e. The molecule has 6 nitrogen and oxygen atoms in total. The average Bonchev–Trinajstić information content (AvgIpc) is 3.59. The van der Waals surface area contributed by atoms with Crippen LogP contribution in [0.4, 0.5) is 0 Å². The fourth-order valence-corrected chi connectivity index (χ4v) is 4.95. The van der Waals surface area contributed by atoms with Crippen LogP contribution in [-0.2, 0) is 17.8 Å². The monoisotopic (exact) mass is 503 g/mol. The molecule has 4 aromatic rings. The number of rotatable bonds is 12. The lowest BCUT2D eigenvalue weighted by atomic mass is 10.1. The molecule has 2 amide bonds. The van der Waals surface area contributed by atoms with Gasteiger partial charge in [0.15, 0.2) is 0 Å². The average molecular weight is 504 g/mol. The summed E-state index contributed by atoms with van der Waals surface area (Å²) in [5.41, 5.74) is 3.29. The molecule has 0 aliphatic rings. The van der Waals surface area contributed by atoms with Gasteiger partial charge in [0.25, 0.3) is 5.91 Å². The number of fused-ring (bicyclic) bond motifs is 1. The molecule has 0 aliphatic heterocycles. The van der Waals surface area contributed by atoms with E-state index >= 15 is 0 Å². The predicted molar refractivity (Wildman–Crippen MR) is 146 cm³/mol. The second-order valence-corrected chi connectivity index (χ2v) is 9.78. The van der Waals surface area contributed by atoms with Crippen molar-refractivity contribution >= 4 is 34.1 Å². The maximum Gasteiger partial charge on any atom is 0.264 e. The Bertz CT molecular complexity index is 1260. The summed E-state index contributed by atoms with van der Waals surface area (Å²) in [5.74, 6) is 0.655. The van der Waals surface area contributed by atoms with Gasteiger partial charge in [-0.2, -0.15) is 0 Å². The van der Waals surface area contributed by atoms with Crippen LogP contribution in [0.15, 0.2) is 72.2 Å². The Morgan fingerprint density at radius 3 is 2.50 bits per heavy atom. The topological polar surface area (TPSA) is 65.6 Å². The third-order valence-electron chi connectivity index (χ3n) is 6.34. The van der Waals surface area contributed by atoms with E-state index in [1.807, 2.05) is 65.0 Å². The lowest BCUT2D eigenvalue weighted by molar-refractivity contribution is -0.132. The second-order valence-electron chi connectivity index (χ2n) is 8.83. The third kappa shape index (κ3) is 6.34. The van der Waals surface area contributed by atoms with Gasteiger partial charge in [0.1, 0.15) is 12.3 Å². The normalized spacial score (nSPS) is 10.9. The second kappa shape index (κ2) is 12.4. The summed E-state index contributed by atoms with van der Waals surface area (Å²) < 4.78 is 5.28. The highest BCUT2D eigenvalue weighted by Gasteiger charge is 2.23. The molecule has 0 radical (unpaired) electrons. The van der Waals surface area contributed by atoms with Crippen LogP contribution in [0.1, 0.15) is 40.6 Å². The molecule has 0 atom stereocenters. The molecule has 2 aromatic heterocycles. The van der Waals surface area contributed by atoms with Crippen molar-refractivity contribution in [2.75, 3.05) is 26.7 Å². The van der Waals surface area contributed by atoms with E-state index < -0.39 is 0 Å². The number of nitrogens with zero attached hydrogens (tertiary/aromatic N) is 2. The highest BCUT2D eigenvalue weighted by Crippen LogP contribution is 2.20. The lowest BCUT2D eigenvalue weighted by Gasteiger charge is -2.28. The molecule has 36 heavy (non-hydrogen) atoms. The number of thiophene rings is 1. The van der Waals surface area contributed by atoms with Gasteiger partial charge in [-0.1, -0.05) is 49.7 Å². The molecule has 2 heterocycles. The van der Waals surface area contributed by atoms with Crippen molar-refractivity contribution in [3.8, 4) is 5.75 Å². The van der Waals surface area contributed by atoms with E-state index in [4.69, 9.17) is 4.74 Å². The van der Waals surface area contributed by atoms with Crippen LogP contribution in [0.2, 0.25) is 0 Å². The van der Waals surface area contributed by atoms with Gasteiger partial charge in [-0.3, -0.25) is 9.59 Å². The maximum absolute atomic E-state index is 13.6. The van der Waals surface area contributed by atoms with Crippen LogP contribution in [0.25, 0.3) is 10.9 Å². The number of unbranched alkanes of at least 4 members (excludes halogenated alkanes) is 1. The number of aromatic nitrogens is 1. The zero-order valence-corrected chi connectivity index (χ0v) is 21.7. The van der Waals surface area contributed by atoms with Gasteiger partial charge in [-0.25, -0.2) is 0 Å². The highest BCUT2D eigenvalue weighted by molar-refractivity contribution is 7.12. The molecule has 0 fully saturated rings. The number of hydrogen-bond acceptors (Lipinski definition) is 4. The van der Waals surface area contributed by atoms with E-state index in [0.29, 0.717) is 24.5 Å². The van der Waals surface area contributed by atoms with Gasteiger partial charge in [0.2, 0.25) is 5.91 Å². The quantitative estimate of drug-likeness (QED) is 0.268. The summed E-state index contributed by atoms with van der Waals surface area (Å²) in [5, 5.41) is 3.07. The summed E-state index contributed by atoms with van der Waals surface area (Å²) in [6.07, 6.45) is 4.56. The van der Waals surface area contributed by atoms with Crippen LogP contribution < -0.4 is 4.74 Å². The van der Waals surface area contributed by atoms with Gasteiger partial charge in [0, 0.05) is 36.7 Å². The molecule has 7 heteroatoms. The van der Waals surface area contributed by atoms with Gasteiger partial charge in [-0.05, 0) is 53.6 Å². The molecule has 4 rings (SSSR count). The molecule has 0 saturated carbocycles. The third-order valence-corrected chi connectivity index (χ3v) is 7.20. The Balaban J connectivity index is 1.53. The van der Waals surface area contributed by atoms with E-state index in [1.54, 1.807) is 12.0 Å². The molecule has 0 aliphatic carbocycles. The zero-order valence-electron chi connectivity index (χ0n) is 20.9. The first kappa shape index (κ1) is 25.5. The van der Waals surface area contributed by atoms with Crippen LogP contribution in [0, 0.1) is 0 Å². The van der Waals surface area contributed by atoms with E-state index in [-0.39, 0.29) is 18.4 Å². The Labute approximate surface area is 216 Å². The van der Waals surface area contributed by atoms with Crippen molar-refractivity contribution in [1.29, 1.82) is 0 Å². The SMILES string of the molecule is CCCCN(CC(=O)N(CCc1c[nH]c2ccccc12)Cc1ccc(OC)cc1)C(=O)c1cccs1. The van der Waals surface area contributed by atoms with Crippen molar-refractivity contribution in [3.05, 3.63) is 88.2 Å². The number of nitrogens with one attached hydrogen (secondary N) is 1. The molecule has 0 bridgehead atoms. The standard InChI is InChI=1S/C29H33N3O3S/c1-3-4-16-32(29(34)27-10-7-18-36-27)21-28(33)31(20-22-11-13-24(35-2)14-12-22)17-15-23-19-30-26-9-6-5-8-25(23)26/h5-14,18-19,30H,3-4,15-17,20-21H2,1-2H3. The summed E-state index contributed by atoms with van der Waals surface area (Å²) in [7, 11) is 1.64. The number of hydrogen-bond donors (Lipinski definition) is 1. The van der Waals surface area contributed by atoms with Crippen molar-refractivity contribution in [3.63, 3.8) is 0 Å². The Morgan fingerprint density at radius 1 is 0.972 bits per heavy atom. The van der Waals surface area contributed by atoms with Gasteiger partial charge in [-0.15, -0.1) is 11.3 Å². The van der Waals surface area contributed by atoms with Crippen molar-refractivity contribution in [2.24, 2.45) is 0 Å². The van der Waals surface area contributed by atoms with E-state index in [2.05, 4.69) is 24.0 Å². The Hall–Kier alpha value is -3.58. The van der Waals surface area contributed by atoms with Crippen molar-refractivity contribution < 1.29 is 14.3 Å². The molecule has 1 N–H and O–H groups in total. The Morgan fingerprint density at radius 2 is 1.78 bits per heavy atom. The van der Waals surface area contributed by atoms with Gasteiger partial charge >= 0.3 is 0 Å². The first-order valence-electron chi connectivity index (χ1n) is 12.4. The summed E-state index contributed by atoms with van der Waals surface area (Å²) in [6.45, 7) is 3.76. The first-order valence-corrected chi connectivity index (χ1v) is 13.3. The first-order chi connectivity index (χ1) is 17.6. The lowest BCUT2D eigenvalue weighted by Crippen LogP contribution is -2.43. The minimum atomic E-state index is -0.0761. The van der Waals surface area contributed by atoms with E-state index in [1.165, 1.54) is 22.3 Å². The molecular formula is C29H33N3O3S. The molecule has 2 aromatic carbocycles. The largest absolute Gasteiger partial charge is 0.497 e. The Kier molecular flexibility index (Phi) is 8.79. The van der Waals surface area contributed by atoms with E-state index in [0.717, 1.165) is 36.1 Å². The van der Waals surface area contributed by atoms with Crippen molar-refractivity contribution in [1.82, 2.24) is 14.8 Å². The number of aromatic amines is 1. The smallest absolute Gasteiger partial charge is 0.264 e. The molecule has 0 saturated heterocycles. The predicted octanol–water partition coefficient (Wildman–Crippen LogP) is 5.75. The zero-order chi connectivity index (χ0) is 25.3. The number of amides is 2.